The van der Waals surface area contributed by atoms with Gasteiger partial charge in [-0.15, -0.1) is 0 Å². The highest BCUT2D eigenvalue weighted by Gasteiger charge is 2.34. The van der Waals surface area contributed by atoms with Crippen LogP contribution in [0.5, 0.6) is 5.75 Å². The maximum Gasteiger partial charge on any atom is 0.319 e. The second kappa shape index (κ2) is 8.38. The quantitative estimate of drug-likeness (QED) is 0.319. The summed E-state index contributed by atoms with van der Waals surface area (Å²) in [6, 6.07) is 9.85. The van der Waals surface area contributed by atoms with E-state index in [1.54, 1.807) is 24.3 Å². The lowest BCUT2D eigenvalue weighted by molar-refractivity contribution is -0.384. The second-order valence-electron chi connectivity index (χ2n) is 6.18. The zero-order valence-electron chi connectivity index (χ0n) is 15.5. The summed E-state index contributed by atoms with van der Waals surface area (Å²) in [7, 11) is 1.38. The number of fused-ring (bicyclic) bond motifs is 1. The molecule has 2 aromatic carbocycles. The maximum atomic E-state index is 12.3. The zero-order chi connectivity index (χ0) is 21.0. The number of carbonyl (C=O) groups excluding carboxylic acids is 3. The summed E-state index contributed by atoms with van der Waals surface area (Å²) >= 11 is 0. The highest BCUT2D eigenvalue weighted by atomic mass is 16.6. The molecular weight excluding hydrogens is 380 g/mol. The van der Waals surface area contributed by atoms with Crippen molar-refractivity contribution in [3.05, 3.63) is 63.7 Å². The number of methoxy groups -OCH3 is 1. The number of ether oxygens (including phenoxy) is 1. The van der Waals surface area contributed by atoms with Crippen molar-refractivity contribution < 1.29 is 24.0 Å². The molecule has 2 aromatic rings. The Kier molecular flexibility index (Phi) is 5.72. The molecule has 0 radical (unpaired) electrons. The van der Waals surface area contributed by atoms with Gasteiger partial charge < -0.3 is 15.4 Å². The normalized spacial score (nSPS) is 12.5. The Hall–Kier alpha value is -3.95. The third-order valence-electron chi connectivity index (χ3n) is 4.36. The van der Waals surface area contributed by atoms with E-state index in [0.29, 0.717) is 17.5 Å². The summed E-state index contributed by atoms with van der Waals surface area (Å²) in [4.78, 5) is 48.1. The minimum Gasteiger partial charge on any atom is -0.495 e. The van der Waals surface area contributed by atoms with Crippen LogP contribution in [0.3, 0.4) is 0 Å². The van der Waals surface area contributed by atoms with Gasteiger partial charge in [-0.3, -0.25) is 24.6 Å². The minimum atomic E-state index is -0.592. The van der Waals surface area contributed by atoms with Crippen LogP contribution in [0.25, 0.3) is 0 Å². The molecule has 0 unspecified atom stereocenters. The summed E-state index contributed by atoms with van der Waals surface area (Å²) in [5.74, 6) is -0.426. The molecule has 0 saturated carbocycles. The standard InChI is InChI=1S/C19H18N4O6/c1-29-16-8-7-12(23(27)28)11-15(16)21-19(26)20-9-4-10-22-17(24)13-5-2-3-6-14(13)18(22)25/h2-3,5-8,11H,4,9-10H2,1H3,(H2,20,21,26). The van der Waals surface area contributed by atoms with Gasteiger partial charge in [0.05, 0.1) is 28.8 Å². The molecule has 0 aromatic heterocycles. The van der Waals surface area contributed by atoms with E-state index in [0.717, 1.165) is 4.90 Å². The van der Waals surface area contributed by atoms with Crippen molar-refractivity contribution in [3.63, 3.8) is 0 Å². The molecule has 0 saturated heterocycles. The SMILES string of the molecule is COc1ccc([N+](=O)[O-])cc1NC(=O)NCCCN1C(=O)c2ccccc2C1=O. The number of benzene rings is 2. The number of nitrogens with zero attached hydrogens (tertiary/aromatic N) is 2. The van der Waals surface area contributed by atoms with E-state index in [2.05, 4.69) is 10.6 Å². The van der Waals surface area contributed by atoms with E-state index in [4.69, 9.17) is 4.74 Å². The average molecular weight is 398 g/mol. The number of imide groups is 1. The Balaban J connectivity index is 1.51. The Morgan fingerprint density at radius 1 is 1.14 bits per heavy atom. The van der Waals surface area contributed by atoms with E-state index >= 15 is 0 Å². The molecule has 3 rings (SSSR count). The fourth-order valence-corrected chi connectivity index (χ4v) is 2.96. The van der Waals surface area contributed by atoms with Crippen molar-refractivity contribution in [2.45, 2.75) is 6.42 Å². The molecule has 0 atom stereocenters. The third-order valence-corrected chi connectivity index (χ3v) is 4.36. The molecule has 2 N–H and O–H groups in total. The van der Waals surface area contributed by atoms with Crippen LogP contribution in [0.15, 0.2) is 42.5 Å². The molecule has 10 heteroatoms. The lowest BCUT2D eigenvalue weighted by atomic mass is 10.1. The molecule has 10 nitrogen and oxygen atoms in total. The molecule has 1 aliphatic heterocycles. The van der Waals surface area contributed by atoms with Crippen LogP contribution >= 0.6 is 0 Å². The molecule has 29 heavy (non-hydrogen) atoms. The van der Waals surface area contributed by atoms with Crippen LogP contribution in [0.1, 0.15) is 27.1 Å². The van der Waals surface area contributed by atoms with Crippen molar-refractivity contribution >= 4 is 29.2 Å². The lowest BCUT2D eigenvalue weighted by Crippen LogP contribution is -2.35. The van der Waals surface area contributed by atoms with Crippen LogP contribution < -0.4 is 15.4 Å². The fraction of sp³-hybridized carbons (Fsp3) is 0.211. The summed E-state index contributed by atoms with van der Waals surface area (Å²) in [5, 5.41) is 16.0. The van der Waals surface area contributed by atoms with E-state index in [1.165, 1.54) is 25.3 Å². The predicted octanol–water partition coefficient (Wildman–Crippen LogP) is 2.41. The summed E-state index contributed by atoms with van der Waals surface area (Å²) in [6.07, 6.45) is 0.352. The van der Waals surface area contributed by atoms with Gasteiger partial charge >= 0.3 is 6.03 Å². The zero-order valence-corrected chi connectivity index (χ0v) is 15.5. The van der Waals surface area contributed by atoms with Crippen LogP contribution in [-0.2, 0) is 0 Å². The third kappa shape index (κ3) is 4.15. The van der Waals surface area contributed by atoms with Crippen molar-refractivity contribution in [1.82, 2.24) is 10.2 Å². The van der Waals surface area contributed by atoms with Crippen LogP contribution in [0.4, 0.5) is 16.2 Å². The van der Waals surface area contributed by atoms with Crippen molar-refractivity contribution in [1.29, 1.82) is 0 Å². The van der Waals surface area contributed by atoms with Gasteiger partial charge in [0.2, 0.25) is 0 Å². The van der Waals surface area contributed by atoms with E-state index in [1.807, 2.05) is 0 Å². The largest absolute Gasteiger partial charge is 0.495 e. The van der Waals surface area contributed by atoms with E-state index in [-0.39, 0.29) is 42.0 Å². The summed E-state index contributed by atoms with van der Waals surface area (Å²) < 4.78 is 5.08. The first kappa shape index (κ1) is 19.8. The number of anilines is 1. The first-order valence-corrected chi connectivity index (χ1v) is 8.75. The first-order chi connectivity index (χ1) is 13.9. The Bertz CT molecular complexity index is 955. The highest BCUT2D eigenvalue weighted by Crippen LogP contribution is 2.28. The maximum absolute atomic E-state index is 12.3. The topological polar surface area (TPSA) is 131 Å². The highest BCUT2D eigenvalue weighted by molar-refractivity contribution is 6.21. The average Bonchev–Trinajstić information content (AvgIpc) is 2.96. The summed E-state index contributed by atoms with van der Waals surface area (Å²) in [5.41, 5.74) is 0.716. The summed E-state index contributed by atoms with van der Waals surface area (Å²) in [6.45, 7) is 0.350. The fourth-order valence-electron chi connectivity index (χ4n) is 2.96. The van der Waals surface area contributed by atoms with Gasteiger partial charge in [-0.1, -0.05) is 12.1 Å². The van der Waals surface area contributed by atoms with Crippen LogP contribution in [0.2, 0.25) is 0 Å². The number of nitro benzene ring substituents is 1. The van der Waals surface area contributed by atoms with Gasteiger partial charge in [0.1, 0.15) is 5.75 Å². The molecule has 0 aliphatic carbocycles. The van der Waals surface area contributed by atoms with E-state index < -0.39 is 11.0 Å². The molecule has 1 aliphatic rings. The number of non-ortho nitro benzene ring substituents is 1. The molecule has 150 valence electrons. The lowest BCUT2D eigenvalue weighted by Gasteiger charge is -2.14. The Labute approximate surface area is 165 Å². The number of nitro groups is 1. The number of amides is 4. The smallest absolute Gasteiger partial charge is 0.319 e. The second-order valence-corrected chi connectivity index (χ2v) is 6.18. The number of rotatable bonds is 7. The van der Waals surface area contributed by atoms with Crippen LogP contribution in [0, 0.1) is 10.1 Å². The number of nitrogens with one attached hydrogen (secondary N) is 2. The molecule has 1 heterocycles. The number of hydrogen-bond acceptors (Lipinski definition) is 6. The van der Waals surface area contributed by atoms with Gasteiger partial charge in [-0.2, -0.15) is 0 Å². The number of hydrogen-bond donors (Lipinski definition) is 2. The first-order valence-electron chi connectivity index (χ1n) is 8.75. The van der Waals surface area contributed by atoms with E-state index in [9.17, 15) is 24.5 Å². The van der Waals surface area contributed by atoms with Crippen molar-refractivity contribution in [2.24, 2.45) is 0 Å². The van der Waals surface area contributed by atoms with Gasteiger partial charge in [0.15, 0.2) is 0 Å². The molecule has 0 bridgehead atoms. The predicted molar refractivity (Wildman–Crippen MR) is 103 cm³/mol. The van der Waals surface area contributed by atoms with Crippen molar-refractivity contribution in [3.8, 4) is 5.75 Å². The number of urea groups is 1. The van der Waals surface area contributed by atoms with Gasteiger partial charge in [0, 0.05) is 25.2 Å². The van der Waals surface area contributed by atoms with Gasteiger partial charge in [-0.25, -0.2) is 4.79 Å². The molecule has 4 amide bonds. The Morgan fingerprint density at radius 3 is 2.38 bits per heavy atom. The Morgan fingerprint density at radius 2 is 1.79 bits per heavy atom. The van der Waals surface area contributed by atoms with Gasteiger partial charge in [-0.05, 0) is 24.6 Å². The molecule has 0 spiro atoms. The molecule has 0 fully saturated rings. The minimum absolute atomic E-state index is 0.152. The van der Waals surface area contributed by atoms with Crippen molar-refractivity contribution in [2.75, 3.05) is 25.5 Å². The monoisotopic (exact) mass is 398 g/mol. The number of carbonyl (C=O) groups is 3. The van der Waals surface area contributed by atoms with Gasteiger partial charge in [0.25, 0.3) is 17.5 Å². The molecular formula is C19H18N4O6. The van der Waals surface area contributed by atoms with Crippen LogP contribution in [-0.4, -0.2) is 47.9 Å².